The summed E-state index contributed by atoms with van der Waals surface area (Å²) in [6, 6.07) is 19.7. The second-order valence-electron chi connectivity index (χ2n) is 8.45. The highest BCUT2D eigenvalue weighted by Gasteiger charge is 2.17. The molecule has 0 bridgehead atoms. The van der Waals surface area contributed by atoms with Crippen molar-refractivity contribution in [2.75, 3.05) is 49.4 Å². The first-order valence-corrected chi connectivity index (χ1v) is 12.0. The van der Waals surface area contributed by atoms with E-state index in [1.807, 2.05) is 24.3 Å². The van der Waals surface area contributed by atoms with Crippen LogP contribution in [0.25, 0.3) is 0 Å². The molecule has 1 heterocycles. The lowest BCUT2D eigenvalue weighted by Crippen LogP contribution is -2.30. The topological polar surface area (TPSA) is 89.1 Å². The minimum Gasteiger partial charge on any atom is -0.497 e. The van der Waals surface area contributed by atoms with Crippen molar-refractivity contribution in [3.63, 3.8) is 0 Å². The molecule has 0 unspecified atom stereocenters. The monoisotopic (exact) mass is 489 g/mol. The van der Waals surface area contributed by atoms with Crippen LogP contribution in [0.3, 0.4) is 0 Å². The van der Waals surface area contributed by atoms with Gasteiger partial charge < -0.3 is 29.7 Å². The molecule has 1 aliphatic heterocycles. The summed E-state index contributed by atoms with van der Waals surface area (Å²) in [5.74, 6) is 0.866. The van der Waals surface area contributed by atoms with E-state index in [0.29, 0.717) is 28.5 Å². The normalized spacial score (nSPS) is 13.0. The number of nitrogens with zero attached hydrogens (tertiary/aromatic N) is 1. The van der Waals surface area contributed by atoms with Crippen LogP contribution in [-0.4, -0.2) is 45.7 Å². The van der Waals surface area contributed by atoms with Gasteiger partial charge in [0, 0.05) is 24.3 Å². The van der Waals surface area contributed by atoms with Gasteiger partial charge in [0.05, 0.1) is 25.6 Å². The van der Waals surface area contributed by atoms with Crippen LogP contribution in [0.2, 0.25) is 0 Å². The van der Waals surface area contributed by atoms with Gasteiger partial charge in [-0.15, -0.1) is 0 Å². The van der Waals surface area contributed by atoms with Crippen molar-refractivity contribution >= 4 is 28.9 Å². The van der Waals surface area contributed by atoms with Crippen LogP contribution in [-0.2, 0) is 4.79 Å². The Morgan fingerprint density at radius 3 is 2.31 bits per heavy atom. The summed E-state index contributed by atoms with van der Waals surface area (Å²) in [7, 11) is 3.07. The molecular formula is C28H31N3O5. The number of hydrogen-bond acceptors (Lipinski definition) is 6. The summed E-state index contributed by atoms with van der Waals surface area (Å²) in [5.41, 5.74) is 2.86. The standard InChI is InChI=1S/C28H31N3O5/c1-34-22-13-11-21(12-14-22)29-27(32)19-36-25-15-10-20(18-26(25)35-2)28(33)30-23-8-4-5-9-24(23)31-16-6-3-7-17-31/h4-5,8-15,18H,3,6-7,16-17,19H2,1-2H3,(H,29,32)(H,30,33). The Bertz CT molecular complexity index is 1190. The molecule has 3 aromatic carbocycles. The molecule has 0 atom stereocenters. The molecule has 2 N–H and O–H groups in total. The second kappa shape index (κ2) is 12.0. The van der Waals surface area contributed by atoms with Crippen LogP contribution in [0.15, 0.2) is 66.7 Å². The number of ether oxygens (including phenoxy) is 3. The molecule has 0 radical (unpaired) electrons. The van der Waals surface area contributed by atoms with Crippen LogP contribution in [0, 0.1) is 0 Å². The summed E-state index contributed by atoms with van der Waals surface area (Å²) in [6.07, 6.45) is 3.54. The highest BCUT2D eigenvalue weighted by Crippen LogP contribution is 2.31. The molecule has 4 rings (SSSR count). The molecule has 0 aliphatic carbocycles. The van der Waals surface area contributed by atoms with E-state index in [9.17, 15) is 9.59 Å². The third-order valence-electron chi connectivity index (χ3n) is 6.01. The summed E-state index contributed by atoms with van der Waals surface area (Å²) in [4.78, 5) is 27.7. The lowest BCUT2D eigenvalue weighted by atomic mass is 10.1. The van der Waals surface area contributed by atoms with Gasteiger partial charge in [-0.1, -0.05) is 12.1 Å². The van der Waals surface area contributed by atoms with Gasteiger partial charge in [0.25, 0.3) is 11.8 Å². The summed E-state index contributed by atoms with van der Waals surface area (Å²) >= 11 is 0. The first-order valence-electron chi connectivity index (χ1n) is 12.0. The van der Waals surface area contributed by atoms with Gasteiger partial charge >= 0.3 is 0 Å². The SMILES string of the molecule is COc1ccc(NC(=O)COc2ccc(C(=O)Nc3ccccc3N3CCCCC3)cc2OC)cc1. The fourth-order valence-corrected chi connectivity index (χ4v) is 4.13. The van der Waals surface area contributed by atoms with E-state index < -0.39 is 0 Å². The zero-order valence-corrected chi connectivity index (χ0v) is 20.6. The predicted molar refractivity (Wildman–Crippen MR) is 141 cm³/mol. The molecule has 8 heteroatoms. The van der Waals surface area contributed by atoms with Crippen molar-refractivity contribution in [1.82, 2.24) is 0 Å². The number of carbonyl (C=O) groups excluding carboxylic acids is 2. The van der Waals surface area contributed by atoms with Crippen molar-refractivity contribution in [2.24, 2.45) is 0 Å². The van der Waals surface area contributed by atoms with E-state index in [0.717, 1.165) is 37.3 Å². The van der Waals surface area contributed by atoms with Crippen LogP contribution >= 0.6 is 0 Å². The number of methoxy groups -OCH3 is 2. The molecule has 0 aromatic heterocycles. The number of nitrogens with one attached hydrogen (secondary N) is 2. The Balaban J connectivity index is 1.39. The van der Waals surface area contributed by atoms with Crippen LogP contribution in [0.5, 0.6) is 17.2 Å². The van der Waals surface area contributed by atoms with Gasteiger partial charge in [-0.3, -0.25) is 9.59 Å². The fourth-order valence-electron chi connectivity index (χ4n) is 4.13. The summed E-state index contributed by atoms with van der Waals surface area (Å²) in [6.45, 7) is 1.76. The second-order valence-corrected chi connectivity index (χ2v) is 8.45. The van der Waals surface area contributed by atoms with Crippen molar-refractivity contribution in [3.05, 3.63) is 72.3 Å². The smallest absolute Gasteiger partial charge is 0.262 e. The molecule has 188 valence electrons. The predicted octanol–water partition coefficient (Wildman–Crippen LogP) is 4.96. The third kappa shape index (κ3) is 6.27. The lowest BCUT2D eigenvalue weighted by Gasteiger charge is -2.30. The molecular weight excluding hydrogens is 458 g/mol. The molecule has 1 saturated heterocycles. The highest BCUT2D eigenvalue weighted by molar-refractivity contribution is 6.06. The van der Waals surface area contributed by atoms with Crippen LogP contribution < -0.4 is 29.7 Å². The van der Waals surface area contributed by atoms with Gasteiger partial charge in [-0.2, -0.15) is 0 Å². The largest absolute Gasteiger partial charge is 0.497 e. The zero-order valence-electron chi connectivity index (χ0n) is 20.6. The number of para-hydroxylation sites is 2. The number of anilines is 3. The van der Waals surface area contributed by atoms with Gasteiger partial charge in [-0.05, 0) is 73.9 Å². The minimum absolute atomic E-state index is 0.211. The minimum atomic E-state index is -0.321. The van der Waals surface area contributed by atoms with E-state index in [1.54, 1.807) is 49.6 Å². The Kier molecular flexibility index (Phi) is 8.28. The molecule has 36 heavy (non-hydrogen) atoms. The molecule has 1 aliphatic rings. The van der Waals surface area contributed by atoms with E-state index in [1.165, 1.54) is 13.5 Å². The Morgan fingerprint density at radius 2 is 1.58 bits per heavy atom. The zero-order chi connectivity index (χ0) is 25.3. The maximum absolute atomic E-state index is 13.0. The number of amides is 2. The fraction of sp³-hybridized carbons (Fsp3) is 0.286. The number of carbonyl (C=O) groups is 2. The Hall–Kier alpha value is -4.20. The van der Waals surface area contributed by atoms with Gasteiger partial charge in [0.1, 0.15) is 5.75 Å². The maximum atomic E-state index is 13.0. The molecule has 0 saturated carbocycles. The average Bonchev–Trinajstić information content (AvgIpc) is 2.93. The number of piperidine rings is 1. The molecule has 0 spiro atoms. The van der Waals surface area contributed by atoms with Crippen LogP contribution in [0.1, 0.15) is 29.6 Å². The van der Waals surface area contributed by atoms with Crippen molar-refractivity contribution in [2.45, 2.75) is 19.3 Å². The maximum Gasteiger partial charge on any atom is 0.262 e. The first kappa shape index (κ1) is 24.9. The van der Waals surface area contributed by atoms with E-state index in [-0.39, 0.29) is 18.4 Å². The quantitative estimate of drug-likeness (QED) is 0.442. The van der Waals surface area contributed by atoms with Gasteiger partial charge in [-0.25, -0.2) is 0 Å². The van der Waals surface area contributed by atoms with E-state index >= 15 is 0 Å². The van der Waals surface area contributed by atoms with Crippen molar-refractivity contribution in [3.8, 4) is 17.2 Å². The number of hydrogen-bond donors (Lipinski definition) is 2. The lowest BCUT2D eigenvalue weighted by molar-refractivity contribution is -0.118. The first-order chi connectivity index (χ1) is 17.6. The summed E-state index contributed by atoms with van der Waals surface area (Å²) in [5, 5.41) is 5.79. The number of rotatable bonds is 9. The highest BCUT2D eigenvalue weighted by atomic mass is 16.5. The van der Waals surface area contributed by atoms with Gasteiger partial charge in [0.15, 0.2) is 18.1 Å². The Labute approximate surface area is 211 Å². The van der Waals surface area contributed by atoms with Crippen molar-refractivity contribution < 1.29 is 23.8 Å². The Morgan fingerprint density at radius 1 is 0.833 bits per heavy atom. The average molecular weight is 490 g/mol. The molecule has 8 nitrogen and oxygen atoms in total. The van der Waals surface area contributed by atoms with Crippen LogP contribution in [0.4, 0.5) is 17.1 Å². The molecule has 1 fully saturated rings. The van der Waals surface area contributed by atoms with Gasteiger partial charge in [0.2, 0.25) is 0 Å². The van der Waals surface area contributed by atoms with E-state index in [2.05, 4.69) is 15.5 Å². The molecule has 3 aromatic rings. The van der Waals surface area contributed by atoms with E-state index in [4.69, 9.17) is 14.2 Å². The van der Waals surface area contributed by atoms with Crippen molar-refractivity contribution in [1.29, 1.82) is 0 Å². The third-order valence-corrected chi connectivity index (χ3v) is 6.01. The summed E-state index contributed by atoms with van der Waals surface area (Å²) < 4.78 is 16.2. The molecule has 2 amide bonds. The number of benzene rings is 3.